The summed E-state index contributed by atoms with van der Waals surface area (Å²) in [4.78, 5) is 23.7. The van der Waals surface area contributed by atoms with Crippen LogP contribution in [0.5, 0.6) is 0 Å². The largest absolute Gasteiger partial charge is 0.480 e. The lowest BCUT2D eigenvalue weighted by atomic mass is 10.2. The van der Waals surface area contributed by atoms with Crippen LogP contribution in [0.3, 0.4) is 0 Å². The standard InChI is InChI=1S/C10H18N2O5/c1-6(17-2)4-11-10(16)12-5-7(13)3-8(12)9(14)15/h6-8,13H,3-5H2,1-2H3,(H,11,16)(H,14,15)/t6?,7?,8-/m0/s1. The fraction of sp³-hybridized carbons (Fsp3) is 0.800. The summed E-state index contributed by atoms with van der Waals surface area (Å²) in [5, 5.41) is 20.9. The Kier molecular flexibility index (Phi) is 4.71. The molecule has 0 aromatic heterocycles. The third-order valence-electron chi connectivity index (χ3n) is 2.77. The summed E-state index contributed by atoms with van der Waals surface area (Å²) in [5.74, 6) is -1.10. The molecule has 0 bridgehead atoms. The first-order chi connectivity index (χ1) is 7.95. The van der Waals surface area contributed by atoms with Crippen molar-refractivity contribution in [1.29, 1.82) is 0 Å². The maximum atomic E-state index is 11.7. The number of amides is 2. The molecule has 7 heteroatoms. The van der Waals surface area contributed by atoms with Gasteiger partial charge < -0.3 is 25.2 Å². The Labute approximate surface area is 99.4 Å². The quantitative estimate of drug-likeness (QED) is 0.606. The van der Waals surface area contributed by atoms with Crippen LogP contribution in [-0.4, -0.2) is 65.6 Å². The number of β-amino-alcohol motifs (C(OH)–C–C–N with tert-alkyl or cyclic N) is 1. The lowest BCUT2D eigenvalue weighted by molar-refractivity contribution is -0.141. The van der Waals surface area contributed by atoms with Crippen molar-refractivity contribution >= 4 is 12.0 Å². The second kappa shape index (κ2) is 5.83. The van der Waals surface area contributed by atoms with Crippen molar-refractivity contribution < 1.29 is 24.5 Å². The number of aliphatic hydroxyl groups excluding tert-OH is 1. The maximum Gasteiger partial charge on any atom is 0.326 e. The van der Waals surface area contributed by atoms with Gasteiger partial charge in [0.2, 0.25) is 0 Å². The molecule has 0 aromatic carbocycles. The van der Waals surface area contributed by atoms with Crippen LogP contribution < -0.4 is 5.32 Å². The molecular weight excluding hydrogens is 228 g/mol. The van der Waals surface area contributed by atoms with E-state index < -0.39 is 24.1 Å². The molecule has 2 unspecified atom stereocenters. The van der Waals surface area contributed by atoms with Gasteiger partial charge in [-0.15, -0.1) is 0 Å². The van der Waals surface area contributed by atoms with E-state index in [0.29, 0.717) is 6.54 Å². The highest BCUT2D eigenvalue weighted by molar-refractivity contribution is 5.83. The Bertz CT molecular complexity index is 296. The molecular formula is C10H18N2O5. The topological polar surface area (TPSA) is 99.1 Å². The number of carbonyl (C=O) groups is 2. The van der Waals surface area contributed by atoms with E-state index in [1.807, 2.05) is 0 Å². The van der Waals surface area contributed by atoms with E-state index in [2.05, 4.69) is 5.32 Å². The number of carbonyl (C=O) groups excluding carboxylic acids is 1. The zero-order valence-corrected chi connectivity index (χ0v) is 9.92. The minimum absolute atomic E-state index is 0.0458. The van der Waals surface area contributed by atoms with Crippen LogP contribution in [0.4, 0.5) is 4.79 Å². The molecule has 1 aliphatic rings. The first-order valence-corrected chi connectivity index (χ1v) is 5.43. The molecule has 1 saturated heterocycles. The minimum Gasteiger partial charge on any atom is -0.480 e. The first-order valence-electron chi connectivity index (χ1n) is 5.43. The molecule has 0 spiro atoms. The molecule has 2 amide bonds. The van der Waals surface area contributed by atoms with E-state index >= 15 is 0 Å². The number of likely N-dealkylation sites (tertiary alicyclic amines) is 1. The number of aliphatic carboxylic acids is 1. The van der Waals surface area contributed by atoms with Crippen LogP contribution in [-0.2, 0) is 9.53 Å². The summed E-state index contributed by atoms with van der Waals surface area (Å²) in [5.41, 5.74) is 0. The van der Waals surface area contributed by atoms with Gasteiger partial charge in [-0.25, -0.2) is 9.59 Å². The van der Waals surface area contributed by atoms with Crippen molar-refractivity contribution in [3.63, 3.8) is 0 Å². The summed E-state index contributed by atoms with van der Waals surface area (Å²) in [6.07, 6.45) is -0.848. The number of carboxylic acids is 1. The number of carboxylic acid groups (broad SMARTS) is 1. The summed E-state index contributed by atoms with van der Waals surface area (Å²) in [6, 6.07) is -1.44. The molecule has 0 aliphatic carbocycles. The second-order valence-electron chi connectivity index (χ2n) is 4.13. The van der Waals surface area contributed by atoms with E-state index in [0.717, 1.165) is 4.90 Å². The monoisotopic (exact) mass is 246 g/mol. The van der Waals surface area contributed by atoms with Gasteiger partial charge in [0.15, 0.2) is 0 Å². The summed E-state index contributed by atoms with van der Waals surface area (Å²) >= 11 is 0. The van der Waals surface area contributed by atoms with Crippen LogP contribution in [0.25, 0.3) is 0 Å². The summed E-state index contributed by atoms with van der Waals surface area (Å²) in [7, 11) is 1.52. The third-order valence-corrected chi connectivity index (χ3v) is 2.77. The van der Waals surface area contributed by atoms with Crippen molar-refractivity contribution in [2.75, 3.05) is 20.2 Å². The number of hydrogen-bond donors (Lipinski definition) is 3. The van der Waals surface area contributed by atoms with E-state index in [4.69, 9.17) is 9.84 Å². The summed E-state index contributed by atoms with van der Waals surface area (Å²) in [6.45, 7) is 2.13. The number of urea groups is 1. The van der Waals surface area contributed by atoms with Crippen LogP contribution in [0.1, 0.15) is 13.3 Å². The molecule has 98 valence electrons. The van der Waals surface area contributed by atoms with E-state index in [1.165, 1.54) is 7.11 Å². The molecule has 7 nitrogen and oxygen atoms in total. The Morgan fingerprint density at radius 2 is 2.24 bits per heavy atom. The smallest absolute Gasteiger partial charge is 0.326 e. The number of nitrogens with zero attached hydrogens (tertiary/aromatic N) is 1. The zero-order chi connectivity index (χ0) is 13.0. The number of aliphatic hydroxyl groups is 1. The van der Waals surface area contributed by atoms with Crippen molar-refractivity contribution in [1.82, 2.24) is 10.2 Å². The van der Waals surface area contributed by atoms with E-state index in [9.17, 15) is 14.7 Å². The molecule has 1 heterocycles. The minimum atomic E-state index is -1.10. The number of ether oxygens (including phenoxy) is 1. The average molecular weight is 246 g/mol. The molecule has 0 radical (unpaired) electrons. The van der Waals surface area contributed by atoms with Gasteiger partial charge in [0.05, 0.1) is 12.2 Å². The Hall–Kier alpha value is -1.34. The SMILES string of the molecule is COC(C)CNC(=O)N1CC(O)C[C@H]1C(=O)O. The predicted molar refractivity (Wildman–Crippen MR) is 58.6 cm³/mol. The van der Waals surface area contributed by atoms with Gasteiger partial charge in [-0.05, 0) is 6.92 Å². The normalized spacial score (nSPS) is 25.7. The number of methoxy groups -OCH3 is 1. The van der Waals surface area contributed by atoms with Crippen LogP contribution in [0, 0.1) is 0 Å². The zero-order valence-electron chi connectivity index (χ0n) is 9.92. The fourth-order valence-electron chi connectivity index (χ4n) is 1.69. The number of hydrogen-bond acceptors (Lipinski definition) is 4. The molecule has 17 heavy (non-hydrogen) atoms. The molecule has 1 aliphatic heterocycles. The highest BCUT2D eigenvalue weighted by Crippen LogP contribution is 2.17. The van der Waals surface area contributed by atoms with Crippen molar-refractivity contribution in [3.8, 4) is 0 Å². The van der Waals surface area contributed by atoms with Gasteiger partial charge in [-0.1, -0.05) is 0 Å². The van der Waals surface area contributed by atoms with Gasteiger partial charge in [-0.3, -0.25) is 0 Å². The lowest BCUT2D eigenvalue weighted by Gasteiger charge is -2.22. The second-order valence-corrected chi connectivity index (χ2v) is 4.13. The van der Waals surface area contributed by atoms with Crippen molar-refractivity contribution in [2.24, 2.45) is 0 Å². The van der Waals surface area contributed by atoms with Crippen molar-refractivity contribution in [3.05, 3.63) is 0 Å². The highest BCUT2D eigenvalue weighted by Gasteiger charge is 2.38. The first kappa shape index (κ1) is 13.7. The van der Waals surface area contributed by atoms with Gasteiger partial charge in [0.25, 0.3) is 0 Å². The van der Waals surface area contributed by atoms with Crippen LogP contribution >= 0.6 is 0 Å². The average Bonchev–Trinajstić information content (AvgIpc) is 2.67. The number of nitrogens with one attached hydrogen (secondary N) is 1. The molecule has 3 atom stereocenters. The van der Waals surface area contributed by atoms with Gasteiger partial charge in [-0.2, -0.15) is 0 Å². The Morgan fingerprint density at radius 3 is 2.76 bits per heavy atom. The Morgan fingerprint density at radius 1 is 1.59 bits per heavy atom. The molecule has 0 aromatic rings. The maximum absolute atomic E-state index is 11.7. The molecule has 1 rings (SSSR count). The van der Waals surface area contributed by atoms with Crippen LogP contribution in [0.2, 0.25) is 0 Å². The Balaban J connectivity index is 2.52. The number of rotatable bonds is 4. The van der Waals surface area contributed by atoms with Crippen LogP contribution in [0.15, 0.2) is 0 Å². The van der Waals surface area contributed by atoms with E-state index in [1.54, 1.807) is 6.92 Å². The van der Waals surface area contributed by atoms with Gasteiger partial charge >= 0.3 is 12.0 Å². The lowest BCUT2D eigenvalue weighted by Crippen LogP contribution is -2.47. The van der Waals surface area contributed by atoms with E-state index in [-0.39, 0.29) is 19.1 Å². The molecule has 0 saturated carbocycles. The van der Waals surface area contributed by atoms with Crippen molar-refractivity contribution in [2.45, 2.75) is 31.6 Å². The van der Waals surface area contributed by atoms with Gasteiger partial charge in [0.1, 0.15) is 6.04 Å². The fourth-order valence-corrected chi connectivity index (χ4v) is 1.69. The molecule has 3 N–H and O–H groups in total. The predicted octanol–water partition coefficient (Wildman–Crippen LogP) is -0.749. The molecule has 1 fully saturated rings. The third kappa shape index (κ3) is 3.57. The highest BCUT2D eigenvalue weighted by atomic mass is 16.5. The van der Waals surface area contributed by atoms with Gasteiger partial charge in [0, 0.05) is 26.6 Å². The summed E-state index contributed by atoms with van der Waals surface area (Å²) < 4.78 is 4.96.